The van der Waals surface area contributed by atoms with Crippen LogP contribution in [-0.4, -0.2) is 6.61 Å². The van der Waals surface area contributed by atoms with E-state index in [1.54, 1.807) is 67.6 Å². The normalized spacial score (nSPS) is 10.9. The number of hydrogen-bond acceptors (Lipinski definition) is 2. The zero-order valence-electron chi connectivity index (χ0n) is 19.1. The van der Waals surface area contributed by atoms with Crippen molar-refractivity contribution in [3.63, 3.8) is 0 Å². The molecule has 0 radical (unpaired) electrons. The van der Waals surface area contributed by atoms with E-state index in [9.17, 15) is 13.2 Å². The first kappa shape index (κ1) is 23.4. The number of ether oxygens (including phenoxy) is 2. The number of benzene rings is 4. The fourth-order valence-electron chi connectivity index (χ4n) is 3.70. The van der Waals surface area contributed by atoms with Crippen LogP contribution >= 0.6 is 0 Å². The third kappa shape index (κ3) is 5.09. The Kier molecular flexibility index (Phi) is 7.21. The molecule has 5 heteroatoms. The molecule has 4 aromatic rings. The van der Waals surface area contributed by atoms with Gasteiger partial charge in [0.1, 0.15) is 12.4 Å². The molecule has 0 saturated carbocycles. The lowest BCUT2D eigenvalue weighted by Crippen LogP contribution is -2.02. The van der Waals surface area contributed by atoms with Gasteiger partial charge < -0.3 is 9.47 Å². The summed E-state index contributed by atoms with van der Waals surface area (Å²) in [5.41, 5.74) is 3.60. The van der Waals surface area contributed by atoms with Gasteiger partial charge in [0, 0.05) is 11.1 Å². The molecule has 0 aromatic heterocycles. The Balaban J connectivity index is 1.45. The van der Waals surface area contributed by atoms with Crippen LogP contribution in [-0.2, 0) is 13.0 Å². The highest BCUT2D eigenvalue weighted by Crippen LogP contribution is 2.29. The average Bonchev–Trinajstić information content (AvgIpc) is 2.87. The molecule has 0 fully saturated rings. The van der Waals surface area contributed by atoms with Gasteiger partial charge in [-0.25, -0.2) is 13.2 Å². The SMILES string of the molecule is CCOc1ccc(-c2ccc(OCc3ccc(-c4ccc(CC)cc4)c(F)c3F)cc2)cc1F. The predicted octanol–water partition coefficient (Wildman–Crippen LogP) is 7.98. The van der Waals surface area contributed by atoms with Gasteiger partial charge in [-0.2, -0.15) is 0 Å². The second kappa shape index (κ2) is 10.5. The van der Waals surface area contributed by atoms with Gasteiger partial charge in [-0.15, -0.1) is 0 Å². The highest BCUT2D eigenvalue weighted by Gasteiger charge is 2.15. The van der Waals surface area contributed by atoms with Crippen molar-refractivity contribution < 1.29 is 22.6 Å². The summed E-state index contributed by atoms with van der Waals surface area (Å²) in [6, 6.07) is 22.3. The molecular formula is C29H25F3O2. The Labute approximate surface area is 197 Å². The highest BCUT2D eigenvalue weighted by atomic mass is 19.2. The molecule has 0 N–H and O–H groups in total. The van der Waals surface area contributed by atoms with Gasteiger partial charge in [0.25, 0.3) is 0 Å². The first-order valence-corrected chi connectivity index (χ1v) is 11.2. The Morgan fingerprint density at radius 3 is 1.97 bits per heavy atom. The van der Waals surface area contributed by atoms with Crippen LogP contribution in [0.15, 0.2) is 78.9 Å². The maximum atomic E-state index is 14.7. The van der Waals surface area contributed by atoms with Crippen molar-refractivity contribution in [2.45, 2.75) is 26.9 Å². The summed E-state index contributed by atoms with van der Waals surface area (Å²) in [6.45, 7) is 4.11. The summed E-state index contributed by atoms with van der Waals surface area (Å²) < 4.78 is 54.5. The van der Waals surface area contributed by atoms with E-state index < -0.39 is 17.5 Å². The fourth-order valence-corrected chi connectivity index (χ4v) is 3.70. The molecule has 2 nitrogen and oxygen atoms in total. The number of aryl methyl sites for hydroxylation is 1. The van der Waals surface area contributed by atoms with Gasteiger partial charge in [0.05, 0.1) is 6.61 Å². The van der Waals surface area contributed by atoms with Gasteiger partial charge >= 0.3 is 0 Å². The van der Waals surface area contributed by atoms with Crippen LogP contribution in [0.3, 0.4) is 0 Å². The van der Waals surface area contributed by atoms with Gasteiger partial charge in [-0.05, 0) is 59.9 Å². The third-order valence-corrected chi connectivity index (χ3v) is 5.65. The third-order valence-electron chi connectivity index (χ3n) is 5.65. The van der Waals surface area contributed by atoms with Crippen LogP contribution in [0.5, 0.6) is 11.5 Å². The Hall–Kier alpha value is -3.73. The quantitative estimate of drug-likeness (QED) is 0.264. The second-order valence-electron chi connectivity index (χ2n) is 7.84. The van der Waals surface area contributed by atoms with Crippen LogP contribution in [0.1, 0.15) is 25.0 Å². The molecule has 0 aliphatic carbocycles. The minimum atomic E-state index is -0.918. The molecule has 4 aromatic carbocycles. The topological polar surface area (TPSA) is 18.5 Å². The van der Waals surface area contributed by atoms with Crippen LogP contribution in [0, 0.1) is 17.5 Å². The van der Waals surface area contributed by atoms with Crippen molar-refractivity contribution in [2.24, 2.45) is 0 Å². The first-order valence-electron chi connectivity index (χ1n) is 11.2. The highest BCUT2D eigenvalue weighted by molar-refractivity contribution is 5.66. The molecule has 0 spiro atoms. The van der Waals surface area contributed by atoms with E-state index in [0.717, 1.165) is 17.5 Å². The molecule has 0 heterocycles. The standard InChI is InChI=1S/C29H25F3O2/c1-3-19-5-7-21(8-6-19)25-15-11-23(28(31)29(25)32)18-34-24-13-9-20(10-14-24)22-12-16-27(33-4-2)26(30)17-22/h5-17H,3-4,18H2,1-2H3. The van der Waals surface area contributed by atoms with E-state index in [1.165, 1.54) is 6.07 Å². The van der Waals surface area contributed by atoms with Crippen LogP contribution < -0.4 is 9.47 Å². The van der Waals surface area contributed by atoms with Crippen molar-refractivity contribution in [3.05, 3.63) is 107 Å². The molecule has 0 atom stereocenters. The van der Waals surface area contributed by atoms with Crippen LogP contribution in [0.25, 0.3) is 22.3 Å². The van der Waals surface area contributed by atoms with Crippen molar-refractivity contribution in [3.8, 4) is 33.8 Å². The average molecular weight is 463 g/mol. The van der Waals surface area contributed by atoms with Gasteiger partial charge in [-0.1, -0.05) is 61.5 Å². The Morgan fingerprint density at radius 2 is 1.32 bits per heavy atom. The molecule has 4 rings (SSSR count). The molecule has 0 amide bonds. The Morgan fingerprint density at radius 1 is 0.647 bits per heavy atom. The lowest BCUT2D eigenvalue weighted by Gasteiger charge is -2.11. The predicted molar refractivity (Wildman–Crippen MR) is 129 cm³/mol. The summed E-state index contributed by atoms with van der Waals surface area (Å²) in [5.74, 6) is -1.53. The maximum Gasteiger partial charge on any atom is 0.167 e. The molecule has 0 saturated heterocycles. The van der Waals surface area contributed by atoms with E-state index in [-0.39, 0.29) is 23.5 Å². The first-order chi connectivity index (χ1) is 16.5. The zero-order chi connectivity index (χ0) is 24.1. The second-order valence-corrected chi connectivity index (χ2v) is 7.84. The van der Waals surface area contributed by atoms with Crippen LogP contribution in [0.2, 0.25) is 0 Å². The molecule has 0 bridgehead atoms. The number of halogens is 3. The smallest absolute Gasteiger partial charge is 0.167 e. The lowest BCUT2D eigenvalue weighted by molar-refractivity contribution is 0.297. The van der Waals surface area contributed by atoms with Crippen molar-refractivity contribution in [1.82, 2.24) is 0 Å². The minimum absolute atomic E-state index is 0.116. The number of rotatable bonds is 8. The van der Waals surface area contributed by atoms with E-state index in [1.807, 2.05) is 19.1 Å². The maximum absolute atomic E-state index is 14.7. The van der Waals surface area contributed by atoms with Crippen molar-refractivity contribution in [1.29, 1.82) is 0 Å². The molecule has 174 valence electrons. The lowest BCUT2D eigenvalue weighted by atomic mass is 10.0. The van der Waals surface area contributed by atoms with Gasteiger partial charge in [0.15, 0.2) is 23.2 Å². The molecule has 0 aliphatic rings. The Bertz CT molecular complexity index is 1270. The van der Waals surface area contributed by atoms with E-state index in [0.29, 0.717) is 23.5 Å². The number of hydrogen-bond donors (Lipinski definition) is 0. The molecule has 34 heavy (non-hydrogen) atoms. The summed E-state index contributed by atoms with van der Waals surface area (Å²) in [4.78, 5) is 0. The summed E-state index contributed by atoms with van der Waals surface area (Å²) in [7, 11) is 0. The van der Waals surface area contributed by atoms with Crippen molar-refractivity contribution in [2.75, 3.05) is 6.61 Å². The molecular weight excluding hydrogens is 437 g/mol. The molecule has 0 aliphatic heterocycles. The summed E-state index contributed by atoms with van der Waals surface area (Å²) >= 11 is 0. The summed E-state index contributed by atoms with van der Waals surface area (Å²) in [5, 5.41) is 0. The fraction of sp³-hybridized carbons (Fsp3) is 0.172. The van der Waals surface area contributed by atoms with E-state index in [2.05, 4.69) is 0 Å². The van der Waals surface area contributed by atoms with E-state index >= 15 is 0 Å². The van der Waals surface area contributed by atoms with Crippen molar-refractivity contribution >= 4 is 0 Å². The monoisotopic (exact) mass is 462 g/mol. The summed E-state index contributed by atoms with van der Waals surface area (Å²) in [6.07, 6.45) is 0.880. The van der Waals surface area contributed by atoms with Gasteiger partial charge in [-0.3, -0.25) is 0 Å². The van der Waals surface area contributed by atoms with Gasteiger partial charge in [0.2, 0.25) is 0 Å². The van der Waals surface area contributed by atoms with E-state index in [4.69, 9.17) is 9.47 Å². The zero-order valence-corrected chi connectivity index (χ0v) is 19.1. The minimum Gasteiger partial charge on any atom is -0.491 e. The largest absolute Gasteiger partial charge is 0.491 e. The van der Waals surface area contributed by atoms with Crippen LogP contribution in [0.4, 0.5) is 13.2 Å². The molecule has 0 unspecified atom stereocenters.